The molecule has 0 unspecified atom stereocenters. The second kappa shape index (κ2) is 8.98. The Hall–Kier alpha value is -2.70. The highest BCUT2D eigenvalue weighted by Crippen LogP contribution is 2.38. The highest BCUT2D eigenvalue weighted by atomic mass is 16.2. The smallest absolute Gasteiger partial charge is 0.233 e. The molecule has 2 atom stereocenters. The Morgan fingerprint density at radius 2 is 1.50 bits per heavy atom. The van der Waals surface area contributed by atoms with Gasteiger partial charge in [-0.15, -0.1) is 0 Å². The molecule has 0 spiro atoms. The van der Waals surface area contributed by atoms with Gasteiger partial charge in [0.05, 0.1) is 11.8 Å². The number of imide groups is 1. The predicted octanol–water partition coefficient (Wildman–Crippen LogP) is 2.43. The van der Waals surface area contributed by atoms with E-state index in [2.05, 4.69) is 5.32 Å². The van der Waals surface area contributed by atoms with Crippen molar-refractivity contribution in [3.05, 3.63) is 30.3 Å². The fourth-order valence-electron chi connectivity index (χ4n) is 4.97. The van der Waals surface area contributed by atoms with Crippen LogP contribution < -0.4 is 5.32 Å². The average Bonchev–Trinajstić information content (AvgIpc) is 3.03. The summed E-state index contributed by atoms with van der Waals surface area (Å²) in [5.41, 5.74) is 0.779. The van der Waals surface area contributed by atoms with Crippen LogP contribution in [-0.4, -0.2) is 53.1 Å². The van der Waals surface area contributed by atoms with Crippen molar-refractivity contribution in [1.29, 1.82) is 0 Å². The maximum absolute atomic E-state index is 12.6. The van der Waals surface area contributed by atoms with Gasteiger partial charge < -0.3 is 10.2 Å². The van der Waals surface area contributed by atoms with Crippen LogP contribution in [0, 0.1) is 17.8 Å². The fourth-order valence-corrected chi connectivity index (χ4v) is 4.97. The van der Waals surface area contributed by atoms with E-state index in [1.165, 1.54) is 4.90 Å². The number of hydrogen-bond acceptors (Lipinski definition) is 4. The summed E-state index contributed by atoms with van der Waals surface area (Å²) in [5.74, 6) is -0.682. The molecule has 1 saturated carbocycles. The molecule has 0 radical (unpaired) electrons. The Morgan fingerprint density at radius 3 is 2.10 bits per heavy atom. The van der Waals surface area contributed by atoms with Gasteiger partial charge in [-0.1, -0.05) is 31.0 Å². The number of likely N-dealkylation sites (tertiary alicyclic amines) is 2. The molecule has 4 amide bonds. The van der Waals surface area contributed by atoms with Crippen LogP contribution in [0.2, 0.25) is 0 Å². The van der Waals surface area contributed by atoms with Crippen molar-refractivity contribution in [2.45, 2.75) is 44.9 Å². The van der Waals surface area contributed by atoms with E-state index in [-0.39, 0.29) is 54.3 Å². The van der Waals surface area contributed by atoms with E-state index in [0.717, 1.165) is 31.4 Å². The van der Waals surface area contributed by atoms with E-state index in [9.17, 15) is 19.2 Å². The summed E-state index contributed by atoms with van der Waals surface area (Å²) < 4.78 is 0. The number of nitrogens with one attached hydrogen (secondary N) is 1. The van der Waals surface area contributed by atoms with Gasteiger partial charge >= 0.3 is 0 Å². The number of amides is 4. The van der Waals surface area contributed by atoms with E-state index < -0.39 is 0 Å². The largest absolute Gasteiger partial charge is 0.343 e. The second-order valence-corrected chi connectivity index (χ2v) is 8.59. The first-order valence-electron chi connectivity index (χ1n) is 11.0. The van der Waals surface area contributed by atoms with Crippen LogP contribution >= 0.6 is 0 Å². The number of para-hydroxylation sites is 1. The third-order valence-corrected chi connectivity index (χ3v) is 6.74. The van der Waals surface area contributed by atoms with Crippen molar-refractivity contribution >= 4 is 29.3 Å². The summed E-state index contributed by atoms with van der Waals surface area (Å²) in [6, 6.07) is 9.36. The molecule has 7 heteroatoms. The van der Waals surface area contributed by atoms with E-state index in [1.807, 2.05) is 30.3 Å². The summed E-state index contributed by atoms with van der Waals surface area (Å²) in [5, 5.41) is 2.93. The highest BCUT2D eigenvalue weighted by Gasteiger charge is 2.47. The Balaban J connectivity index is 1.23. The number of anilines is 1. The van der Waals surface area contributed by atoms with Crippen LogP contribution in [0.25, 0.3) is 0 Å². The number of carbonyl (C=O) groups excluding carboxylic acids is 4. The molecule has 2 heterocycles. The highest BCUT2D eigenvalue weighted by molar-refractivity contribution is 6.05. The molecule has 1 N–H and O–H groups in total. The maximum atomic E-state index is 12.6. The minimum Gasteiger partial charge on any atom is -0.343 e. The fraction of sp³-hybridized carbons (Fsp3) is 0.565. The molecule has 1 aromatic carbocycles. The lowest BCUT2D eigenvalue weighted by Crippen LogP contribution is -2.43. The quantitative estimate of drug-likeness (QED) is 0.754. The van der Waals surface area contributed by atoms with Crippen LogP contribution in [0.4, 0.5) is 5.69 Å². The predicted molar refractivity (Wildman–Crippen MR) is 111 cm³/mol. The number of carbonyl (C=O) groups is 4. The molecule has 2 aliphatic heterocycles. The summed E-state index contributed by atoms with van der Waals surface area (Å²) >= 11 is 0. The minimum absolute atomic E-state index is 0.0100. The molecule has 7 nitrogen and oxygen atoms in total. The van der Waals surface area contributed by atoms with E-state index in [1.54, 1.807) is 4.90 Å². The van der Waals surface area contributed by atoms with Gasteiger partial charge in [0.15, 0.2) is 0 Å². The SMILES string of the molecule is O=C(Nc1ccccc1)C1CCN(C(=O)CCN2C(=O)[C@H]3CCCC[C@@H]3C2=O)CC1. The first-order valence-corrected chi connectivity index (χ1v) is 11.0. The van der Waals surface area contributed by atoms with E-state index in [4.69, 9.17) is 0 Å². The summed E-state index contributed by atoms with van der Waals surface area (Å²) in [4.78, 5) is 53.2. The molecule has 30 heavy (non-hydrogen) atoms. The number of rotatable bonds is 5. The third kappa shape index (κ3) is 4.25. The van der Waals surface area contributed by atoms with Gasteiger partial charge in [0, 0.05) is 37.7 Å². The third-order valence-electron chi connectivity index (χ3n) is 6.74. The molecule has 1 aromatic rings. The number of hydrogen-bond donors (Lipinski definition) is 1. The molecule has 2 saturated heterocycles. The number of benzene rings is 1. The first-order chi connectivity index (χ1) is 14.5. The lowest BCUT2D eigenvalue weighted by Gasteiger charge is -2.31. The second-order valence-electron chi connectivity index (χ2n) is 8.59. The van der Waals surface area contributed by atoms with Gasteiger partial charge in [0.2, 0.25) is 23.6 Å². The molecule has 3 fully saturated rings. The Labute approximate surface area is 176 Å². The zero-order valence-corrected chi connectivity index (χ0v) is 17.2. The molecule has 4 rings (SSSR count). The number of fused-ring (bicyclic) bond motifs is 1. The standard InChI is InChI=1S/C23H29N3O4/c27-20(12-15-26-22(29)18-8-4-5-9-19(18)23(26)30)25-13-10-16(11-14-25)21(28)24-17-6-2-1-3-7-17/h1-3,6-7,16,18-19H,4-5,8-15H2,(H,24,28)/t18-,19-/m0/s1. The molecular weight excluding hydrogens is 382 g/mol. The van der Waals surface area contributed by atoms with Gasteiger partial charge in [-0.3, -0.25) is 24.1 Å². The number of piperidine rings is 1. The van der Waals surface area contributed by atoms with Crippen molar-refractivity contribution in [1.82, 2.24) is 9.80 Å². The molecule has 0 aromatic heterocycles. The average molecular weight is 412 g/mol. The van der Waals surface area contributed by atoms with E-state index in [0.29, 0.717) is 25.9 Å². The lowest BCUT2D eigenvalue weighted by atomic mass is 9.81. The summed E-state index contributed by atoms with van der Waals surface area (Å²) in [6.07, 6.45) is 4.99. The Bertz CT molecular complexity index is 793. The van der Waals surface area contributed by atoms with Crippen LogP contribution in [0.5, 0.6) is 0 Å². The lowest BCUT2D eigenvalue weighted by molar-refractivity contribution is -0.141. The van der Waals surface area contributed by atoms with Gasteiger partial charge in [0.1, 0.15) is 0 Å². The first kappa shape index (κ1) is 20.6. The van der Waals surface area contributed by atoms with Gasteiger partial charge in [-0.2, -0.15) is 0 Å². The number of nitrogens with zero attached hydrogens (tertiary/aromatic N) is 2. The minimum atomic E-state index is -0.166. The van der Waals surface area contributed by atoms with Crippen LogP contribution in [0.1, 0.15) is 44.9 Å². The van der Waals surface area contributed by atoms with Crippen LogP contribution in [-0.2, 0) is 19.2 Å². The molecule has 3 aliphatic rings. The normalized spacial score (nSPS) is 24.7. The Kier molecular flexibility index (Phi) is 6.16. The summed E-state index contributed by atoms with van der Waals surface area (Å²) in [7, 11) is 0. The molecule has 1 aliphatic carbocycles. The zero-order chi connectivity index (χ0) is 21.1. The molecule has 160 valence electrons. The topological polar surface area (TPSA) is 86.8 Å². The van der Waals surface area contributed by atoms with Gasteiger partial charge in [-0.25, -0.2) is 0 Å². The molecule has 0 bridgehead atoms. The summed E-state index contributed by atoms with van der Waals surface area (Å²) in [6.45, 7) is 1.23. The van der Waals surface area contributed by atoms with Crippen molar-refractivity contribution in [3.63, 3.8) is 0 Å². The maximum Gasteiger partial charge on any atom is 0.233 e. The van der Waals surface area contributed by atoms with Crippen molar-refractivity contribution < 1.29 is 19.2 Å². The van der Waals surface area contributed by atoms with Crippen LogP contribution in [0.15, 0.2) is 30.3 Å². The van der Waals surface area contributed by atoms with Gasteiger partial charge in [0.25, 0.3) is 0 Å². The molecular formula is C23H29N3O4. The van der Waals surface area contributed by atoms with Crippen molar-refractivity contribution in [2.24, 2.45) is 17.8 Å². The Morgan fingerprint density at radius 1 is 0.900 bits per heavy atom. The monoisotopic (exact) mass is 411 g/mol. The van der Waals surface area contributed by atoms with Crippen molar-refractivity contribution in [2.75, 3.05) is 25.0 Å². The van der Waals surface area contributed by atoms with E-state index >= 15 is 0 Å². The zero-order valence-electron chi connectivity index (χ0n) is 17.2. The van der Waals surface area contributed by atoms with Gasteiger partial charge in [-0.05, 0) is 37.8 Å². The van der Waals surface area contributed by atoms with Crippen molar-refractivity contribution in [3.8, 4) is 0 Å². The van der Waals surface area contributed by atoms with Crippen LogP contribution in [0.3, 0.4) is 0 Å².